The highest BCUT2D eigenvalue weighted by Crippen LogP contribution is 2.37. The van der Waals surface area contributed by atoms with Crippen molar-refractivity contribution in [2.75, 3.05) is 0 Å². The molecule has 1 aromatic heterocycles. The van der Waals surface area contributed by atoms with Gasteiger partial charge in [0.05, 0.1) is 10.6 Å². The second kappa shape index (κ2) is 6.50. The van der Waals surface area contributed by atoms with Gasteiger partial charge in [-0.15, -0.1) is 0 Å². The van der Waals surface area contributed by atoms with Crippen molar-refractivity contribution in [3.63, 3.8) is 0 Å². The molecule has 0 fully saturated rings. The molecule has 5 nitrogen and oxygen atoms in total. The Labute approximate surface area is 154 Å². The molecule has 0 bridgehead atoms. The zero-order valence-electron chi connectivity index (χ0n) is 14.4. The Balaban J connectivity index is 2.24. The van der Waals surface area contributed by atoms with Crippen LogP contribution in [0, 0.1) is 13.8 Å². The van der Waals surface area contributed by atoms with Crippen LogP contribution in [-0.2, 0) is 16.2 Å². The van der Waals surface area contributed by atoms with Gasteiger partial charge in [-0.1, -0.05) is 24.3 Å². The van der Waals surface area contributed by atoms with E-state index in [-0.39, 0.29) is 16.0 Å². The number of hydrogen-bond donors (Lipinski definition) is 1. The van der Waals surface area contributed by atoms with Gasteiger partial charge < -0.3 is 0 Å². The Morgan fingerprint density at radius 3 is 2.37 bits per heavy atom. The summed E-state index contributed by atoms with van der Waals surface area (Å²) in [4.78, 5) is -0.226. The summed E-state index contributed by atoms with van der Waals surface area (Å²) in [6.07, 6.45) is -3.48. The van der Waals surface area contributed by atoms with E-state index in [9.17, 15) is 21.6 Å². The minimum absolute atomic E-state index is 0.0656. The number of hydrogen-bond acceptors (Lipinski definition) is 3. The summed E-state index contributed by atoms with van der Waals surface area (Å²) in [5, 5.41) is 8.86. The van der Waals surface area contributed by atoms with Crippen LogP contribution in [0.3, 0.4) is 0 Å². The van der Waals surface area contributed by atoms with E-state index in [4.69, 9.17) is 5.14 Å². The molecule has 142 valence electrons. The fraction of sp³-hybridized carbons (Fsp3) is 0.167. The Hall–Kier alpha value is -2.65. The Bertz CT molecular complexity index is 1120. The number of primary sulfonamides is 1. The number of alkyl halides is 3. The molecular weight excluding hydrogens is 379 g/mol. The van der Waals surface area contributed by atoms with Gasteiger partial charge in [-0.05, 0) is 48.7 Å². The van der Waals surface area contributed by atoms with E-state index in [1.807, 2.05) is 13.0 Å². The molecule has 0 unspecified atom stereocenters. The average Bonchev–Trinajstić information content (AvgIpc) is 3.00. The number of nitrogens with two attached hydrogens (primary N) is 1. The van der Waals surface area contributed by atoms with Crippen LogP contribution in [0.25, 0.3) is 16.8 Å². The van der Waals surface area contributed by atoms with Crippen LogP contribution in [-0.4, -0.2) is 18.2 Å². The van der Waals surface area contributed by atoms with Gasteiger partial charge in [0.2, 0.25) is 10.0 Å². The Kier molecular flexibility index (Phi) is 4.61. The third-order valence-corrected chi connectivity index (χ3v) is 5.11. The highest BCUT2D eigenvalue weighted by molar-refractivity contribution is 7.89. The van der Waals surface area contributed by atoms with E-state index in [1.165, 1.54) is 25.3 Å². The normalized spacial score (nSPS) is 12.4. The Morgan fingerprint density at radius 1 is 1.07 bits per heavy atom. The molecule has 0 aliphatic carbocycles. The van der Waals surface area contributed by atoms with Crippen LogP contribution in [0.15, 0.2) is 53.6 Å². The summed E-state index contributed by atoms with van der Waals surface area (Å²) < 4.78 is 65.2. The second-order valence-electron chi connectivity index (χ2n) is 6.20. The summed E-state index contributed by atoms with van der Waals surface area (Å²) in [7, 11) is -4.07. The average molecular weight is 395 g/mol. The predicted molar refractivity (Wildman–Crippen MR) is 94.8 cm³/mol. The number of nitrogens with zero attached hydrogens (tertiary/aromatic N) is 2. The van der Waals surface area contributed by atoms with Crippen molar-refractivity contribution in [3.05, 3.63) is 65.5 Å². The molecule has 0 spiro atoms. The summed E-state index contributed by atoms with van der Waals surface area (Å²) in [5.41, 5.74) is 0.411. The molecule has 2 N–H and O–H groups in total. The van der Waals surface area contributed by atoms with Gasteiger partial charge in [0.15, 0.2) is 5.69 Å². The number of halogens is 3. The standard InChI is InChI=1S/C18H16F3N3O2S/c1-11-4-3-5-14(8-11)24-10-15(17(23-24)18(19,20)21)13-7-6-12(2)16(9-13)27(22,25)26/h3-10H,1-2H3,(H2,22,25,26). The van der Waals surface area contributed by atoms with E-state index in [2.05, 4.69) is 5.10 Å². The van der Waals surface area contributed by atoms with Crippen molar-refractivity contribution < 1.29 is 21.6 Å². The molecule has 27 heavy (non-hydrogen) atoms. The first-order valence-electron chi connectivity index (χ1n) is 7.84. The van der Waals surface area contributed by atoms with Crippen molar-refractivity contribution >= 4 is 10.0 Å². The van der Waals surface area contributed by atoms with Crippen LogP contribution in [0.4, 0.5) is 13.2 Å². The van der Waals surface area contributed by atoms with Crippen LogP contribution in [0.5, 0.6) is 0 Å². The minimum Gasteiger partial charge on any atom is -0.240 e. The summed E-state index contributed by atoms with van der Waals surface area (Å²) in [6, 6.07) is 10.8. The van der Waals surface area contributed by atoms with Crippen molar-refractivity contribution in [3.8, 4) is 16.8 Å². The zero-order valence-corrected chi connectivity index (χ0v) is 15.3. The lowest BCUT2D eigenvalue weighted by Crippen LogP contribution is -2.14. The molecule has 1 heterocycles. The van der Waals surface area contributed by atoms with E-state index in [0.717, 1.165) is 16.3 Å². The molecule has 0 saturated carbocycles. The maximum absolute atomic E-state index is 13.5. The topological polar surface area (TPSA) is 78.0 Å². The van der Waals surface area contributed by atoms with Gasteiger partial charge in [-0.3, -0.25) is 0 Å². The first kappa shape index (κ1) is 19.1. The van der Waals surface area contributed by atoms with Gasteiger partial charge in [-0.25, -0.2) is 18.2 Å². The van der Waals surface area contributed by atoms with E-state index < -0.39 is 21.9 Å². The van der Waals surface area contributed by atoms with Gasteiger partial charge in [0.1, 0.15) is 0 Å². The smallest absolute Gasteiger partial charge is 0.240 e. The highest BCUT2D eigenvalue weighted by Gasteiger charge is 2.38. The van der Waals surface area contributed by atoms with Crippen LogP contribution < -0.4 is 5.14 Å². The van der Waals surface area contributed by atoms with Crippen LogP contribution in [0.1, 0.15) is 16.8 Å². The fourth-order valence-corrected chi connectivity index (χ4v) is 3.58. The van der Waals surface area contributed by atoms with Gasteiger partial charge in [0, 0.05) is 11.8 Å². The molecule has 0 saturated heterocycles. The van der Waals surface area contributed by atoms with Crippen molar-refractivity contribution in [1.82, 2.24) is 9.78 Å². The first-order chi connectivity index (χ1) is 12.5. The lowest BCUT2D eigenvalue weighted by molar-refractivity contribution is -0.140. The highest BCUT2D eigenvalue weighted by atomic mass is 32.2. The summed E-state index contributed by atoms with van der Waals surface area (Å²) in [5.74, 6) is 0. The molecule has 0 atom stereocenters. The molecule has 3 aromatic rings. The zero-order chi connectivity index (χ0) is 20.0. The van der Waals surface area contributed by atoms with Crippen LogP contribution in [0.2, 0.25) is 0 Å². The fourth-order valence-electron chi connectivity index (χ4n) is 2.77. The van der Waals surface area contributed by atoms with E-state index in [0.29, 0.717) is 11.3 Å². The van der Waals surface area contributed by atoms with Crippen molar-refractivity contribution in [2.24, 2.45) is 5.14 Å². The number of aryl methyl sites for hydroxylation is 2. The van der Waals surface area contributed by atoms with E-state index >= 15 is 0 Å². The van der Waals surface area contributed by atoms with Crippen LogP contribution >= 0.6 is 0 Å². The SMILES string of the molecule is Cc1cccc(-n2cc(-c3ccc(C)c(S(N)(=O)=O)c3)c(C(F)(F)F)n2)c1. The van der Waals surface area contributed by atoms with E-state index in [1.54, 1.807) is 18.2 Å². The van der Waals surface area contributed by atoms with Gasteiger partial charge >= 0.3 is 6.18 Å². The second-order valence-corrected chi connectivity index (χ2v) is 7.73. The van der Waals surface area contributed by atoms with Gasteiger partial charge in [-0.2, -0.15) is 18.3 Å². The third kappa shape index (κ3) is 3.88. The lowest BCUT2D eigenvalue weighted by Gasteiger charge is -2.09. The number of sulfonamides is 1. The lowest BCUT2D eigenvalue weighted by atomic mass is 10.0. The molecule has 2 aromatic carbocycles. The molecule has 0 aliphatic rings. The quantitative estimate of drug-likeness (QED) is 0.732. The predicted octanol–water partition coefficient (Wildman–Crippen LogP) is 3.82. The largest absolute Gasteiger partial charge is 0.435 e. The first-order valence-corrected chi connectivity index (χ1v) is 9.39. The summed E-state index contributed by atoms with van der Waals surface area (Å²) >= 11 is 0. The van der Waals surface area contributed by atoms with Crippen molar-refractivity contribution in [1.29, 1.82) is 0 Å². The summed E-state index contributed by atoms with van der Waals surface area (Å²) in [6.45, 7) is 3.33. The number of benzene rings is 2. The molecule has 3 rings (SSSR count). The molecular formula is C18H16F3N3O2S. The molecule has 0 amide bonds. The number of rotatable bonds is 3. The Morgan fingerprint density at radius 2 is 1.78 bits per heavy atom. The third-order valence-electron chi connectivity index (χ3n) is 4.05. The van der Waals surface area contributed by atoms with Gasteiger partial charge in [0.25, 0.3) is 0 Å². The van der Waals surface area contributed by atoms with Crippen molar-refractivity contribution in [2.45, 2.75) is 24.9 Å². The molecule has 0 aliphatic heterocycles. The monoisotopic (exact) mass is 395 g/mol. The maximum Gasteiger partial charge on any atom is 0.435 e. The maximum atomic E-state index is 13.5. The minimum atomic E-state index is -4.71. The molecule has 0 radical (unpaired) electrons. The molecule has 9 heteroatoms. The number of aromatic nitrogens is 2.